The first kappa shape index (κ1) is 49.1. The molecule has 0 unspecified atom stereocenters. The number of rotatable bonds is 6. The zero-order chi connectivity index (χ0) is 41.3. The van der Waals surface area contributed by atoms with Crippen molar-refractivity contribution in [3.8, 4) is 21.1 Å². The van der Waals surface area contributed by atoms with E-state index in [0.717, 1.165) is 49.2 Å². The molecule has 2 aromatic heterocycles. The number of aromatic nitrogens is 2. The fraction of sp³-hybridized carbons (Fsp3) is 0.317. The zero-order valence-electron chi connectivity index (χ0n) is 32.5. The van der Waals surface area contributed by atoms with Crippen LogP contribution in [0.5, 0.6) is 0 Å². The van der Waals surface area contributed by atoms with Gasteiger partial charge in [-0.3, -0.25) is 10.6 Å². The Hall–Kier alpha value is -4.89. The maximum Gasteiger partial charge on any atom is 0.412 e. The third-order valence-corrected chi connectivity index (χ3v) is 8.74. The van der Waals surface area contributed by atoms with Crippen molar-refractivity contribution in [3.63, 3.8) is 0 Å². The minimum atomic E-state index is -0.529. The fourth-order valence-electron chi connectivity index (χ4n) is 4.13. The summed E-state index contributed by atoms with van der Waals surface area (Å²) in [5.41, 5.74) is 18.3. The Morgan fingerprint density at radius 2 is 1.18 bits per heavy atom. The number of alkyl halides is 1. The number of carbonyl (C=O) groups excluding carboxylic acids is 3. The van der Waals surface area contributed by atoms with Crippen molar-refractivity contribution < 1.29 is 23.9 Å². The molecule has 56 heavy (non-hydrogen) atoms. The first-order valence-electron chi connectivity index (χ1n) is 16.9. The quantitative estimate of drug-likeness (QED) is 0.0558. The zero-order valence-corrected chi connectivity index (χ0v) is 35.7. The number of ether oxygens (including phenoxy) is 2. The number of halogens is 1. The molecule has 0 bridgehead atoms. The Labute approximate surface area is 349 Å². The maximum atomic E-state index is 11.8. The van der Waals surface area contributed by atoms with E-state index in [0.29, 0.717) is 22.5 Å². The van der Waals surface area contributed by atoms with E-state index >= 15 is 0 Å². The molecule has 0 saturated carbocycles. The van der Waals surface area contributed by atoms with Crippen molar-refractivity contribution in [2.24, 2.45) is 5.73 Å². The Kier molecular flexibility index (Phi) is 20.4. The third kappa shape index (κ3) is 18.2. The number of aryl methyl sites for hydroxylation is 3. The van der Waals surface area contributed by atoms with Gasteiger partial charge in [0.15, 0.2) is 0 Å². The molecule has 2 amide bonds. The summed E-state index contributed by atoms with van der Waals surface area (Å²) in [6, 6.07) is 17.3. The number of benzene rings is 3. The van der Waals surface area contributed by atoms with E-state index in [1.54, 1.807) is 41.1 Å². The average molecular weight is 842 g/mol. The molecular formula is C41H53ClN6O5S3. The summed E-state index contributed by atoms with van der Waals surface area (Å²) >= 11 is 12.9. The number of thiazole rings is 2. The van der Waals surface area contributed by atoms with Crippen LogP contribution in [0.25, 0.3) is 21.1 Å². The van der Waals surface area contributed by atoms with Crippen molar-refractivity contribution in [3.05, 3.63) is 100 Å². The van der Waals surface area contributed by atoms with Gasteiger partial charge in [0, 0.05) is 56.9 Å². The van der Waals surface area contributed by atoms with Crippen molar-refractivity contribution in [1.82, 2.24) is 9.97 Å². The molecule has 0 spiro atoms. The smallest absolute Gasteiger partial charge is 0.412 e. The lowest BCUT2D eigenvalue weighted by Gasteiger charge is -2.20. The van der Waals surface area contributed by atoms with Crippen molar-refractivity contribution >= 4 is 87.0 Å². The summed E-state index contributed by atoms with van der Waals surface area (Å²) in [6.45, 7) is 16.8. The summed E-state index contributed by atoms with van der Waals surface area (Å²) in [5, 5.41) is 11.3. The second-order valence-corrected chi connectivity index (χ2v) is 16.3. The summed E-state index contributed by atoms with van der Waals surface area (Å²) in [7, 11) is 0. The number of hydrogen-bond acceptors (Lipinski definition) is 11. The highest BCUT2D eigenvalue weighted by atomic mass is 35.5. The predicted molar refractivity (Wildman–Crippen MR) is 239 cm³/mol. The average Bonchev–Trinajstić information content (AvgIpc) is 3.83. The predicted octanol–water partition coefficient (Wildman–Crippen LogP) is 11.2. The molecule has 0 aliphatic rings. The van der Waals surface area contributed by atoms with Gasteiger partial charge in [-0.2, -0.15) is 0 Å². The van der Waals surface area contributed by atoms with Crippen LogP contribution in [-0.2, 0) is 14.3 Å². The second kappa shape index (κ2) is 23.2. The SMILES string of the molecule is C.Cc1ccc(-c2nccs2)cc1N.Cc1ccc(-c2nccs2)cc1NC(=O)OC(C)(C)C.Cc1ccc(C(N)=S)cc1NC(=O)OC(C)(C)C.O=CCCl. The molecule has 0 radical (unpaired) electrons. The third-order valence-electron chi connectivity index (χ3n) is 6.73. The minimum Gasteiger partial charge on any atom is -0.444 e. The molecule has 0 fully saturated rings. The number of aldehydes is 1. The number of nitrogen functional groups attached to an aromatic ring is 1. The summed E-state index contributed by atoms with van der Waals surface area (Å²) in [4.78, 5) is 41.3. The number of hydrogen-bond donors (Lipinski definition) is 4. The Bertz CT molecular complexity index is 2010. The van der Waals surface area contributed by atoms with E-state index in [2.05, 4.69) is 20.6 Å². The van der Waals surface area contributed by atoms with Gasteiger partial charge in [0.1, 0.15) is 32.5 Å². The summed E-state index contributed by atoms with van der Waals surface area (Å²) in [5.74, 6) is 0.111. The lowest BCUT2D eigenvalue weighted by Crippen LogP contribution is -2.27. The van der Waals surface area contributed by atoms with E-state index in [9.17, 15) is 9.59 Å². The van der Waals surface area contributed by atoms with Gasteiger partial charge in [-0.15, -0.1) is 34.3 Å². The Morgan fingerprint density at radius 3 is 1.55 bits per heavy atom. The fourth-order valence-corrected chi connectivity index (χ4v) is 5.53. The van der Waals surface area contributed by atoms with E-state index in [4.69, 9.17) is 49.6 Å². The first-order chi connectivity index (χ1) is 25.7. The maximum absolute atomic E-state index is 11.8. The van der Waals surface area contributed by atoms with E-state index in [-0.39, 0.29) is 13.3 Å². The van der Waals surface area contributed by atoms with Gasteiger partial charge >= 0.3 is 12.2 Å². The van der Waals surface area contributed by atoms with Gasteiger partial charge in [-0.25, -0.2) is 19.6 Å². The summed E-state index contributed by atoms with van der Waals surface area (Å²) in [6.07, 6.45) is 3.26. The van der Waals surface area contributed by atoms with Gasteiger partial charge < -0.3 is 25.7 Å². The molecule has 11 nitrogen and oxygen atoms in total. The largest absolute Gasteiger partial charge is 0.444 e. The van der Waals surface area contributed by atoms with Gasteiger partial charge in [0.05, 0.1) is 5.88 Å². The molecule has 15 heteroatoms. The van der Waals surface area contributed by atoms with Crippen LogP contribution >= 0.6 is 46.5 Å². The van der Waals surface area contributed by atoms with Crippen LogP contribution in [0.4, 0.5) is 26.7 Å². The molecule has 5 aromatic rings. The molecule has 5 rings (SSSR count). The first-order valence-corrected chi connectivity index (χ1v) is 19.6. The molecule has 0 atom stereocenters. The standard InChI is InChI=1S/C15H18N2O2S.C13H18N2O2S.C10H10N2S.C2H3ClO.CH4/c1-10-5-6-11(13-16-7-8-20-13)9-12(10)17-14(18)19-15(2,3)4;1-8-5-6-9(11(14)18)7-10(8)15-12(16)17-13(2,3)4;1-7-2-3-8(6-9(7)11)10-12-4-5-13-10;3-1-2-4;/h5-9H,1-4H3,(H,17,18);5-7H,1-4H3,(H2,14,18)(H,15,16);2-6H,11H2,1H3;2H,1H2;1H4. The van der Waals surface area contributed by atoms with Crippen molar-refractivity contribution in [2.75, 3.05) is 22.2 Å². The van der Waals surface area contributed by atoms with Crippen molar-refractivity contribution in [1.29, 1.82) is 0 Å². The lowest BCUT2D eigenvalue weighted by atomic mass is 10.1. The van der Waals surface area contributed by atoms with Crippen LogP contribution in [0.3, 0.4) is 0 Å². The van der Waals surface area contributed by atoms with Crippen LogP contribution in [0.15, 0.2) is 77.8 Å². The number of carbonyl (C=O) groups is 3. The number of nitrogens with zero attached hydrogens (tertiary/aromatic N) is 2. The number of thiocarbonyl (C=S) groups is 1. The minimum absolute atomic E-state index is 0. The number of nitrogens with one attached hydrogen (secondary N) is 2. The monoisotopic (exact) mass is 840 g/mol. The van der Waals surface area contributed by atoms with Crippen LogP contribution in [-0.4, -0.2) is 50.5 Å². The topological polar surface area (TPSA) is 172 Å². The highest BCUT2D eigenvalue weighted by molar-refractivity contribution is 7.80. The molecule has 0 saturated heterocycles. The Morgan fingerprint density at radius 1 is 0.768 bits per heavy atom. The molecular weight excluding hydrogens is 788 g/mol. The lowest BCUT2D eigenvalue weighted by molar-refractivity contribution is -0.105. The van der Waals surface area contributed by atoms with E-state index in [1.807, 2.05) is 122 Å². The van der Waals surface area contributed by atoms with Crippen LogP contribution < -0.4 is 22.1 Å². The molecule has 0 aliphatic carbocycles. The normalized spacial score (nSPS) is 10.3. The van der Waals surface area contributed by atoms with Gasteiger partial charge in [0.25, 0.3) is 0 Å². The number of nitrogens with two attached hydrogens (primary N) is 2. The van der Waals surface area contributed by atoms with E-state index < -0.39 is 23.4 Å². The highest BCUT2D eigenvalue weighted by Gasteiger charge is 2.18. The molecule has 6 N–H and O–H groups in total. The number of amides is 2. The van der Waals surface area contributed by atoms with E-state index in [1.165, 1.54) is 0 Å². The van der Waals surface area contributed by atoms with Crippen molar-refractivity contribution in [2.45, 2.75) is 80.9 Å². The van der Waals surface area contributed by atoms with Gasteiger partial charge in [-0.05, 0) is 97.2 Å². The van der Waals surface area contributed by atoms with Gasteiger partial charge in [0.2, 0.25) is 0 Å². The molecule has 0 aliphatic heterocycles. The molecule has 3 aromatic carbocycles. The van der Waals surface area contributed by atoms with Crippen LogP contribution in [0.2, 0.25) is 0 Å². The molecule has 302 valence electrons. The molecule has 2 heterocycles. The number of anilines is 3. The highest BCUT2D eigenvalue weighted by Crippen LogP contribution is 2.28. The van der Waals surface area contributed by atoms with Crippen LogP contribution in [0, 0.1) is 20.8 Å². The second-order valence-electron chi connectivity index (χ2n) is 13.7. The Balaban J connectivity index is 0.000000403. The van der Waals surface area contributed by atoms with Gasteiger partial charge in [-0.1, -0.05) is 56.0 Å². The summed E-state index contributed by atoms with van der Waals surface area (Å²) < 4.78 is 10.4. The van der Waals surface area contributed by atoms with Crippen LogP contribution in [0.1, 0.15) is 71.2 Å².